The van der Waals surface area contributed by atoms with E-state index in [9.17, 15) is 8.42 Å². The smallest absolute Gasteiger partial charge is 0.264 e. The number of hydrogen-bond donors (Lipinski definition) is 0. The van der Waals surface area contributed by atoms with Gasteiger partial charge in [0.1, 0.15) is 13.2 Å². The van der Waals surface area contributed by atoms with Crippen molar-refractivity contribution in [2.45, 2.75) is 18.7 Å². The number of ether oxygens (including phenoxy) is 2. The molecule has 29 heavy (non-hydrogen) atoms. The molecule has 1 aliphatic heterocycles. The highest BCUT2D eigenvalue weighted by Crippen LogP contribution is 2.35. The Kier molecular flexibility index (Phi) is 4.92. The molecule has 3 aromatic rings. The van der Waals surface area contributed by atoms with Crippen LogP contribution in [0, 0.1) is 13.8 Å². The lowest BCUT2D eigenvalue weighted by molar-refractivity contribution is 0.171. The zero-order chi connectivity index (χ0) is 20.8. The Bertz CT molecular complexity index is 1190. The summed E-state index contributed by atoms with van der Waals surface area (Å²) in [5, 5.41) is 4.96. The zero-order valence-corrected chi connectivity index (χ0v) is 17.8. The minimum absolute atomic E-state index is 0.149. The number of benzene rings is 2. The lowest BCUT2D eigenvalue weighted by Gasteiger charge is -2.23. The number of aromatic nitrogens is 2. The summed E-state index contributed by atoms with van der Waals surface area (Å²) in [6.45, 7) is 4.55. The van der Waals surface area contributed by atoms with E-state index in [4.69, 9.17) is 21.1 Å². The van der Waals surface area contributed by atoms with Crippen LogP contribution in [-0.4, -0.2) is 38.5 Å². The fraction of sp³-hybridized carbons (Fsp3) is 0.250. The summed E-state index contributed by atoms with van der Waals surface area (Å²) in [6, 6.07) is 11.7. The number of halogens is 1. The second kappa shape index (κ2) is 7.27. The highest BCUT2D eigenvalue weighted by Gasteiger charge is 2.24. The minimum atomic E-state index is -3.80. The minimum Gasteiger partial charge on any atom is -0.486 e. The van der Waals surface area contributed by atoms with Crippen LogP contribution in [-0.2, 0) is 10.0 Å². The van der Waals surface area contributed by atoms with E-state index in [2.05, 4.69) is 5.10 Å². The fourth-order valence-corrected chi connectivity index (χ4v) is 4.52. The van der Waals surface area contributed by atoms with Crippen molar-refractivity contribution in [3.05, 3.63) is 58.9 Å². The number of aryl methyl sites for hydroxylation is 1. The molecule has 0 spiro atoms. The maximum atomic E-state index is 13.2. The molecule has 2 aromatic carbocycles. The van der Waals surface area contributed by atoms with E-state index in [-0.39, 0.29) is 4.90 Å². The van der Waals surface area contributed by atoms with Crippen LogP contribution in [0.2, 0.25) is 5.02 Å². The van der Waals surface area contributed by atoms with Crippen molar-refractivity contribution in [1.82, 2.24) is 9.78 Å². The summed E-state index contributed by atoms with van der Waals surface area (Å²) in [4.78, 5) is 0.149. The van der Waals surface area contributed by atoms with Gasteiger partial charge in [-0.1, -0.05) is 17.7 Å². The second-order valence-electron chi connectivity index (χ2n) is 6.69. The molecule has 4 rings (SSSR count). The first kappa shape index (κ1) is 19.6. The van der Waals surface area contributed by atoms with E-state index >= 15 is 0 Å². The van der Waals surface area contributed by atoms with Crippen LogP contribution in [0.15, 0.2) is 47.4 Å². The molecule has 0 bridgehead atoms. The van der Waals surface area contributed by atoms with E-state index in [0.29, 0.717) is 46.8 Å². The van der Waals surface area contributed by atoms with Crippen LogP contribution in [0.1, 0.15) is 11.4 Å². The highest BCUT2D eigenvalue weighted by molar-refractivity contribution is 7.92. The molecule has 0 N–H and O–H groups in total. The van der Waals surface area contributed by atoms with Crippen LogP contribution >= 0.6 is 11.6 Å². The zero-order valence-electron chi connectivity index (χ0n) is 16.2. The van der Waals surface area contributed by atoms with Crippen molar-refractivity contribution < 1.29 is 17.9 Å². The first-order chi connectivity index (χ1) is 13.8. The van der Waals surface area contributed by atoms with Crippen LogP contribution < -0.4 is 13.8 Å². The maximum Gasteiger partial charge on any atom is 0.264 e. The summed E-state index contributed by atoms with van der Waals surface area (Å²) < 4.78 is 40.4. The Morgan fingerprint density at radius 1 is 1.07 bits per heavy atom. The van der Waals surface area contributed by atoms with Crippen molar-refractivity contribution in [3.8, 4) is 17.2 Å². The van der Waals surface area contributed by atoms with Gasteiger partial charge < -0.3 is 9.47 Å². The number of anilines is 1. The fourth-order valence-electron chi connectivity index (χ4n) is 3.18. The Hall–Kier alpha value is -2.71. The molecule has 0 unspecified atom stereocenters. The van der Waals surface area contributed by atoms with Crippen molar-refractivity contribution in [1.29, 1.82) is 0 Å². The molecule has 1 aromatic heterocycles. The van der Waals surface area contributed by atoms with Gasteiger partial charge in [0.15, 0.2) is 11.5 Å². The van der Waals surface area contributed by atoms with Gasteiger partial charge in [-0.15, -0.1) is 0 Å². The number of hydrogen-bond acceptors (Lipinski definition) is 5. The van der Waals surface area contributed by atoms with Gasteiger partial charge in [0.05, 0.1) is 32.7 Å². The molecule has 0 saturated heterocycles. The van der Waals surface area contributed by atoms with Crippen molar-refractivity contribution >= 4 is 27.3 Å². The average molecular weight is 434 g/mol. The first-order valence-corrected chi connectivity index (χ1v) is 10.8. The van der Waals surface area contributed by atoms with Crippen molar-refractivity contribution in [2.24, 2.45) is 0 Å². The topological polar surface area (TPSA) is 73.7 Å². The van der Waals surface area contributed by atoms with E-state index in [0.717, 1.165) is 5.69 Å². The monoisotopic (exact) mass is 433 g/mol. The van der Waals surface area contributed by atoms with Gasteiger partial charge in [0, 0.05) is 13.1 Å². The SMILES string of the molecule is Cc1nn(-c2cccc(S(=O)(=O)N(C)c3ccc4c(c3)OCCO4)c2)c(C)c1Cl. The largest absolute Gasteiger partial charge is 0.486 e. The Balaban J connectivity index is 1.71. The first-order valence-electron chi connectivity index (χ1n) is 9.00. The third-order valence-corrected chi connectivity index (χ3v) is 7.14. The van der Waals surface area contributed by atoms with E-state index < -0.39 is 10.0 Å². The van der Waals surface area contributed by atoms with Crippen LogP contribution in [0.4, 0.5) is 5.69 Å². The van der Waals surface area contributed by atoms with E-state index in [1.807, 2.05) is 13.8 Å². The Labute approximate surface area is 174 Å². The number of rotatable bonds is 4. The highest BCUT2D eigenvalue weighted by atomic mass is 35.5. The number of nitrogens with zero attached hydrogens (tertiary/aromatic N) is 3. The summed E-state index contributed by atoms with van der Waals surface area (Å²) in [7, 11) is -2.29. The number of fused-ring (bicyclic) bond motifs is 1. The van der Waals surface area contributed by atoms with Gasteiger partial charge in [-0.05, 0) is 44.2 Å². The van der Waals surface area contributed by atoms with Crippen molar-refractivity contribution in [3.63, 3.8) is 0 Å². The molecule has 152 valence electrons. The molecule has 0 radical (unpaired) electrons. The summed E-state index contributed by atoms with van der Waals surface area (Å²) in [6.07, 6.45) is 0. The summed E-state index contributed by atoms with van der Waals surface area (Å²) >= 11 is 6.23. The molecule has 0 atom stereocenters. The predicted molar refractivity (Wildman–Crippen MR) is 111 cm³/mol. The predicted octanol–water partition coefficient (Wildman–Crippen LogP) is 3.74. The third-order valence-electron chi connectivity index (χ3n) is 4.81. The van der Waals surface area contributed by atoms with Crippen molar-refractivity contribution in [2.75, 3.05) is 24.6 Å². The molecule has 9 heteroatoms. The van der Waals surface area contributed by atoms with Crippen LogP contribution in [0.3, 0.4) is 0 Å². The quantitative estimate of drug-likeness (QED) is 0.626. The standard InChI is InChI=1S/C20H20ClN3O4S/c1-13-20(21)14(2)24(22-13)16-5-4-6-17(11-16)29(25,26)23(3)15-7-8-18-19(12-15)28-10-9-27-18/h4-8,11-12H,9-10H2,1-3H3. The van der Waals surface area contributed by atoms with Gasteiger partial charge in [0.2, 0.25) is 0 Å². The normalized spacial score (nSPS) is 13.4. The summed E-state index contributed by atoms with van der Waals surface area (Å²) in [5.74, 6) is 1.14. The summed E-state index contributed by atoms with van der Waals surface area (Å²) in [5.41, 5.74) is 2.53. The molecular formula is C20H20ClN3O4S. The van der Waals surface area contributed by atoms with Gasteiger partial charge in [0.25, 0.3) is 10.0 Å². The lowest BCUT2D eigenvalue weighted by Crippen LogP contribution is -2.27. The lowest BCUT2D eigenvalue weighted by atomic mass is 10.2. The Morgan fingerprint density at radius 2 is 1.79 bits per heavy atom. The molecule has 7 nitrogen and oxygen atoms in total. The third kappa shape index (κ3) is 3.42. The van der Waals surface area contributed by atoms with Crippen LogP contribution in [0.25, 0.3) is 5.69 Å². The van der Waals surface area contributed by atoms with E-state index in [1.165, 1.54) is 11.4 Å². The maximum absolute atomic E-state index is 13.2. The molecule has 0 aliphatic carbocycles. The Morgan fingerprint density at radius 3 is 2.48 bits per heavy atom. The van der Waals surface area contributed by atoms with E-state index in [1.54, 1.807) is 47.1 Å². The molecule has 0 fully saturated rings. The average Bonchev–Trinajstić information content (AvgIpc) is 3.00. The molecular weight excluding hydrogens is 414 g/mol. The van der Waals surface area contributed by atoms with Gasteiger partial charge >= 0.3 is 0 Å². The van der Waals surface area contributed by atoms with Gasteiger partial charge in [-0.25, -0.2) is 13.1 Å². The molecule has 0 saturated carbocycles. The van der Waals surface area contributed by atoms with Gasteiger partial charge in [-0.2, -0.15) is 5.10 Å². The molecule has 0 amide bonds. The van der Waals surface area contributed by atoms with Crippen LogP contribution in [0.5, 0.6) is 11.5 Å². The number of sulfonamides is 1. The van der Waals surface area contributed by atoms with Gasteiger partial charge in [-0.3, -0.25) is 4.31 Å². The molecule has 2 heterocycles. The molecule has 1 aliphatic rings. The second-order valence-corrected chi connectivity index (χ2v) is 9.04.